The number of benzene rings is 2. The first-order valence-corrected chi connectivity index (χ1v) is 7.88. The van der Waals surface area contributed by atoms with Crippen molar-refractivity contribution in [2.45, 2.75) is 0 Å². The summed E-state index contributed by atoms with van der Waals surface area (Å²) in [6.45, 7) is 0. The number of hydrogen-bond acceptors (Lipinski definition) is 5. The first-order valence-electron chi connectivity index (χ1n) is 6.67. The van der Waals surface area contributed by atoms with Gasteiger partial charge >= 0.3 is 0 Å². The van der Waals surface area contributed by atoms with Crippen LogP contribution >= 0.6 is 28.1 Å². The molecule has 0 heterocycles. The molecular weight excluding hydrogens is 396 g/mol. The van der Waals surface area contributed by atoms with E-state index in [1.165, 1.54) is 12.3 Å². The van der Waals surface area contributed by atoms with E-state index in [2.05, 4.69) is 31.8 Å². The number of thiocarbonyl (C=S) groups is 1. The van der Waals surface area contributed by atoms with Gasteiger partial charge in [-0.25, -0.2) is 0 Å². The Bertz CT molecular complexity index is 781. The lowest BCUT2D eigenvalue weighted by atomic mass is 10.2. The van der Waals surface area contributed by atoms with Gasteiger partial charge < -0.3 is 10.1 Å². The third-order valence-corrected chi connectivity index (χ3v) is 3.76. The largest absolute Gasteiger partial charge is 0.497 e. The minimum Gasteiger partial charge on any atom is -0.497 e. The first-order chi connectivity index (χ1) is 11.5. The van der Waals surface area contributed by atoms with Crippen LogP contribution in [0.3, 0.4) is 0 Å². The summed E-state index contributed by atoms with van der Waals surface area (Å²) in [6, 6.07) is 11.9. The third-order valence-electron chi connectivity index (χ3n) is 2.89. The molecule has 0 aromatic heterocycles. The van der Waals surface area contributed by atoms with E-state index in [1.54, 1.807) is 31.4 Å². The van der Waals surface area contributed by atoms with Gasteiger partial charge in [-0.2, -0.15) is 5.10 Å². The van der Waals surface area contributed by atoms with Gasteiger partial charge in [0, 0.05) is 17.3 Å². The molecule has 0 aliphatic rings. The highest BCUT2D eigenvalue weighted by molar-refractivity contribution is 9.10. The fourth-order valence-electron chi connectivity index (χ4n) is 1.75. The maximum atomic E-state index is 10.9. The average molecular weight is 409 g/mol. The molecule has 2 rings (SSSR count). The lowest BCUT2D eigenvalue weighted by Crippen LogP contribution is -2.23. The Labute approximate surface area is 152 Å². The molecule has 0 atom stereocenters. The highest BCUT2D eigenvalue weighted by Gasteiger charge is 2.11. The van der Waals surface area contributed by atoms with Gasteiger partial charge in [0.1, 0.15) is 5.75 Å². The number of rotatable bonds is 5. The summed E-state index contributed by atoms with van der Waals surface area (Å²) >= 11 is 8.25. The van der Waals surface area contributed by atoms with E-state index in [1.807, 2.05) is 12.1 Å². The van der Waals surface area contributed by atoms with Crippen molar-refractivity contribution in [1.29, 1.82) is 0 Å². The van der Waals surface area contributed by atoms with Crippen molar-refractivity contribution >= 4 is 50.8 Å². The van der Waals surface area contributed by atoms with Gasteiger partial charge in [-0.15, -0.1) is 0 Å². The standard InChI is InChI=1S/C15H13BrN4O3S/c1-23-12-5-3-11(4-6-12)18-15(24)19-17-9-10-2-7-13(16)14(8-10)20(21)22/h2-9H,1H3,(H2,18,19,24)/b17-9-. The van der Waals surface area contributed by atoms with Crippen molar-refractivity contribution in [2.24, 2.45) is 5.10 Å². The van der Waals surface area contributed by atoms with Gasteiger partial charge in [-0.3, -0.25) is 15.5 Å². The van der Waals surface area contributed by atoms with E-state index in [-0.39, 0.29) is 5.69 Å². The molecule has 0 saturated carbocycles. The fraction of sp³-hybridized carbons (Fsp3) is 0.0667. The molecule has 9 heteroatoms. The van der Waals surface area contributed by atoms with Crippen LogP contribution in [0.4, 0.5) is 11.4 Å². The summed E-state index contributed by atoms with van der Waals surface area (Å²) in [7, 11) is 1.59. The number of nitro groups is 1. The summed E-state index contributed by atoms with van der Waals surface area (Å²) in [5.74, 6) is 0.745. The fourth-order valence-corrected chi connectivity index (χ4v) is 2.31. The van der Waals surface area contributed by atoms with Crippen LogP contribution in [0, 0.1) is 10.1 Å². The summed E-state index contributed by atoms with van der Waals surface area (Å²) < 4.78 is 5.48. The zero-order valence-electron chi connectivity index (χ0n) is 12.5. The van der Waals surface area contributed by atoms with E-state index >= 15 is 0 Å². The number of nitro benzene ring substituents is 1. The van der Waals surface area contributed by atoms with Gasteiger partial charge in [0.25, 0.3) is 5.69 Å². The van der Waals surface area contributed by atoms with E-state index < -0.39 is 4.92 Å². The van der Waals surface area contributed by atoms with Crippen LogP contribution in [-0.2, 0) is 0 Å². The minimum atomic E-state index is -0.468. The SMILES string of the molecule is COc1ccc(NC(=S)N/N=C\c2ccc(Br)c([N+](=O)[O-])c2)cc1. The predicted octanol–water partition coefficient (Wildman–Crippen LogP) is 3.69. The number of halogens is 1. The van der Waals surface area contributed by atoms with E-state index in [0.29, 0.717) is 15.1 Å². The highest BCUT2D eigenvalue weighted by atomic mass is 79.9. The summed E-state index contributed by atoms with van der Waals surface area (Å²) in [5.41, 5.74) is 3.97. The molecule has 0 bridgehead atoms. The monoisotopic (exact) mass is 408 g/mol. The number of ether oxygens (including phenoxy) is 1. The molecule has 124 valence electrons. The highest BCUT2D eigenvalue weighted by Crippen LogP contribution is 2.24. The summed E-state index contributed by atoms with van der Waals surface area (Å²) in [5, 5.41) is 18.1. The van der Waals surface area contributed by atoms with Gasteiger partial charge in [0.05, 0.1) is 22.7 Å². The van der Waals surface area contributed by atoms with Crippen LogP contribution in [0.25, 0.3) is 0 Å². The van der Waals surface area contributed by atoms with Crippen molar-refractivity contribution in [3.8, 4) is 5.75 Å². The quantitative estimate of drug-likeness (QED) is 0.339. The lowest BCUT2D eigenvalue weighted by Gasteiger charge is -2.07. The van der Waals surface area contributed by atoms with Crippen LogP contribution in [-0.4, -0.2) is 23.4 Å². The molecule has 0 spiro atoms. The number of hydrazone groups is 1. The van der Waals surface area contributed by atoms with E-state index in [4.69, 9.17) is 17.0 Å². The molecule has 0 aliphatic carbocycles. The van der Waals surface area contributed by atoms with Gasteiger partial charge in [-0.1, -0.05) is 6.07 Å². The molecule has 2 aromatic carbocycles. The molecular formula is C15H13BrN4O3S. The van der Waals surface area contributed by atoms with Crippen LogP contribution in [0.1, 0.15) is 5.56 Å². The molecule has 2 aromatic rings. The summed E-state index contributed by atoms with van der Waals surface area (Å²) in [4.78, 5) is 10.4. The number of anilines is 1. The lowest BCUT2D eigenvalue weighted by molar-refractivity contribution is -0.385. The average Bonchev–Trinajstić information content (AvgIpc) is 2.57. The third kappa shape index (κ3) is 5.00. The van der Waals surface area contributed by atoms with Gasteiger partial charge in [0.2, 0.25) is 0 Å². The molecule has 0 fully saturated rings. The normalized spacial score (nSPS) is 10.4. The number of hydrogen-bond donors (Lipinski definition) is 2. The first kappa shape index (κ1) is 17.8. The maximum absolute atomic E-state index is 10.9. The van der Waals surface area contributed by atoms with Crippen molar-refractivity contribution in [2.75, 3.05) is 12.4 Å². The zero-order valence-corrected chi connectivity index (χ0v) is 14.9. The van der Waals surface area contributed by atoms with Crippen LogP contribution < -0.4 is 15.5 Å². The van der Waals surface area contributed by atoms with Crippen LogP contribution in [0.2, 0.25) is 0 Å². The number of nitrogens with zero attached hydrogens (tertiary/aromatic N) is 2. The molecule has 0 unspecified atom stereocenters. The Morgan fingerprint density at radius 2 is 2.04 bits per heavy atom. The molecule has 0 aliphatic heterocycles. The Morgan fingerprint density at radius 3 is 2.67 bits per heavy atom. The van der Waals surface area contributed by atoms with Gasteiger partial charge in [0.15, 0.2) is 5.11 Å². The van der Waals surface area contributed by atoms with Crippen LogP contribution in [0.15, 0.2) is 52.0 Å². The van der Waals surface area contributed by atoms with Gasteiger partial charge in [-0.05, 0) is 58.5 Å². The predicted molar refractivity (Wildman–Crippen MR) is 101 cm³/mol. The Kier molecular flexibility index (Phi) is 6.21. The zero-order chi connectivity index (χ0) is 17.5. The second-order valence-electron chi connectivity index (χ2n) is 4.52. The van der Waals surface area contributed by atoms with E-state index in [9.17, 15) is 10.1 Å². The smallest absolute Gasteiger partial charge is 0.284 e. The minimum absolute atomic E-state index is 0.0297. The maximum Gasteiger partial charge on any atom is 0.284 e. The molecule has 2 N–H and O–H groups in total. The van der Waals surface area contributed by atoms with Crippen molar-refractivity contribution in [3.63, 3.8) is 0 Å². The van der Waals surface area contributed by atoms with Crippen molar-refractivity contribution in [1.82, 2.24) is 5.43 Å². The topological polar surface area (TPSA) is 88.8 Å². The molecule has 24 heavy (non-hydrogen) atoms. The van der Waals surface area contributed by atoms with Crippen LogP contribution in [0.5, 0.6) is 5.75 Å². The molecule has 0 saturated heterocycles. The Balaban J connectivity index is 1.94. The number of nitrogens with one attached hydrogen (secondary N) is 2. The molecule has 0 radical (unpaired) electrons. The second kappa shape index (κ2) is 8.37. The molecule has 0 amide bonds. The van der Waals surface area contributed by atoms with Crippen molar-refractivity contribution in [3.05, 3.63) is 62.6 Å². The Hall–Kier alpha value is -2.52. The summed E-state index contributed by atoms with van der Waals surface area (Å²) in [6.07, 6.45) is 1.45. The number of methoxy groups -OCH3 is 1. The molecule has 7 nitrogen and oxygen atoms in total. The van der Waals surface area contributed by atoms with E-state index in [0.717, 1.165) is 11.4 Å². The Morgan fingerprint density at radius 1 is 1.33 bits per heavy atom. The second-order valence-corrected chi connectivity index (χ2v) is 5.78. The van der Waals surface area contributed by atoms with Crippen molar-refractivity contribution < 1.29 is 9.66 Å².